The minimum atomic E-state index is -0.389. The third-order valence-electron chi connectivity index (χ3n) is 3.02. The molecule has 0 unspecified atom stereocenters. The molecule has 0 spiro atoms. The maximum atomic E-state index is 13.1. The first kappa shape index (κ1) is 13.2. The minimum absolute atomic E-state index is 0.267. The van der Waals surface area contributed by atoms with Crippen molar-refractivity contribution in [2.24, 2.45) is 0 Å². The highest BCUT2D eigenvalue weighted by Crippen LogP contribution is 2.34. The second kappa shape index (κ2) is 4.93. The SMILES string of the molecule is O=C1Nc2cc(F)ccc2/C1=C/c1ccc(Cl)c(Cl)c1. The molecule has 20 heavy (non-hydrogen) atoms. The molecule has 1 aliphatic rings. The highest BCUT2D eigenvalue weighted by Gasteiger charge is 2.24. The van der Waals surface area contributed by atoms with Gasteiger partial charge in [-0.05, 0) is 42.0 Å². The molecular formula is C15H8Cl2FNO. The van der Waals surface area contributed by atoms with Gasteiger partial charge in [-0.1, -0.05) is 29.3 Å². The van der Waals surface area contributed by atoms with Crippen LogP contribution in [0.15, 0.2) is 36.4 Å². The molecule has 0 saturated carbocycles. The van der Waals surface area contributed by atoms with Crippen LogP contribution in [0.25, 0.3) is 11.6 Å². The average Bonchev–Trinajstić information content (AvgIpc) is 2.69. The fourth-order valence-electron chi connectivity index (χ4n) is 2.08. The quantitative estimate of drug-likeness (QED) is 0.765. The smallest absolute Gasteiger partial charge is 0.256 e. The Hall–Kier alpha value is -1.84. The van der Waals surface area contributed by atoms with E-state index in [4.69, 9.17) is 23.2 Å². The highest BCUT2D eigenvalue weighted by atomic mass is 35.5. The van der Waals surface area contributed by atoms with Crippen LogP contribution >= 0.6 is 23.2 Å². The predicted molar refractivity (Wildman–Crippen MR) is 79.4 cm³/mol. The zero-order valence-electron chi connectivity index (χ0n) is 10.1. The van der Waals surface area contributed by atoms with E-state index in [1.807, 2.05) is 0 Å². The molecule has 1 amide bonds. The zero-order chi connectivity index (χ0) is 14.3. The van der Waals surface area contributed by atoms with E-state index in [1.165, 1.54) is 12.1 Å². The molecule has 0 bridgehead atoms. The summed E-state index contributed by atoms with van der Waals surface area (Å²) >= 11 is 11.8. The Labute approximate surface area is 124 Å². The molecule has 1 heterocycles. The highest BCUT2D eigenvalue weighted by molar-refractivity contribution is 6.42. The number of hydrogen-bond donors (Lipinski definition) is 1. The fourth-order valence-corrected chi connectivity index (χ4v) is 2.39. The summed E-state index contributed by atoms with van der Waals surface area (Å²) in [5.74, 6) is -0.656. The van der Waals surface area contributed by atoms with E-state index >= 15 is 0 Å². The van der Waals surface area contributed by atoms with Crippen LogP contribution in [0.5, 0.6) is 0 Å². The molecule has 2 nitrogen and oxygen atoms in total. The van der Waals surface area contributed by atoms with Crippen LogP contribution < -0.4 is 5.32 Å². The van der Waals surface area contributed by atoms with Gasteiger partial charge in [0.05, 0.1) is 15.7 Å². The lowest BCUT2D eigenvalue weighted by molar-refractivity contribution is -0.110. The van der Waals surface area contributed by atoms with Crippen LogP contribution in [0, 0.1) is 5.82 Å². The fraction of sp³-hybridized carbons (Fsp3) is 0. The molecule has 0 atom stereocenters. The third kappa shape index (κ3) is 2.30. The normalized spacial score (nSPS) is 15.3. The topological polar surface area (TPSA) is 29.1 Å². The molecule has 1 aliphatic heterocycles. The van der Waals surface area contributed by atoms with Crippen molar-refractivity contribution in [2.75, 3.05) is 5.32 Å². The number of rotatable bonds is 1. The van der Waals surface area contributed by atoms with Crippen LogP contribution in [0.2, 0.25) is 10.0 Å². The summed E-state index contributed by atoms with van der Waals surface area (Å²) in [6, 6.07) is 9.28. The first-order valence-corrected chi connectivity index (χ1v) is 6.58. The van der Waals surface area contributed by atoms with Gasteiger partial charge in [-0.15, -0.1) is 0 Å². The summed E-state index contributed by atoms with van der Waals surface area (Å²) in [5.41, 5.74) is 2.36. The second-order valence-electron chi connectivity index (χ2n) is 4.38. The summed E-state index contributed by atoms with van der Waals surface area (Å²) < 4.78 is 13.1. The van der Waals surface area contributed by atoms with Gasteiger partial charge < -0.3 is 5.32 Å². The molecule has 100 valence electrons. The Bertz CT molecular complexity index is 756. The molecular weight excluding hydrogens is 300 g/mol. The van der Waals surface area contributed by atoms with Crippen molar-refractivity contribution in [3.63, 3.8) is 0 Å². The number of benzene rings is 2. The van der Waals surface area contributed by atoms with E-state index in [-0.39, 0.29) is 11.7 Å². The third-order valence-corrected chi connectivity index (χ3v) is 3.76. The van der Waals surface area contributed by atoms with Crippen molar-refractivity contribution in [1.29, 1.82) is 0 Å². The first-order valence-electron chi connectivity index (χ1n) is 5.82. The molecule has 0 aliphatic carbocycles. The van der Waals surface area contributed by atoms with E-state index < -0.39 is 0 Å². The second-order valence-corrected chi connectivity index (χ2v) is 5.19. The molecule has 0 radical (unpaired) electrons. The lowest BCUT2D eigenvalue weighted by atomic mass is 10.0. The lowest BCUT2D eigenvalue weighted by Crippen LogP contribution is -2.03. The number of carbonyl (C=O) groups excluding carboxylic acids is 1. The Balaban J connectivity index is 2.08. The van der Waals surface area contributed by atoms with Crippen molar-refractivity contribution < 1.29 is 9.18 Å². The molecule has 0 fully saturated rings. The Morgan fingerprint density at radius 3 is 2.60 bits per heavy atom. The summed E-state index contributed by atoms with van der Waals surface area (Å²) in [7, 11) is 0. The summed E-state index contributed by atoms with van der Waals surface area (Å²) in [4.78, 5) is 11.9. The zero-order valence-corrected chi connectivity index (χ0v) is 11.6. The number of anilines is 1. The summed E-state index contributed by atoms with van der Waals surface area (Å²) in [5, 5.41) is 3.49. The van der Waals surface area contributed by atoms with E-state index in [9.17, 15) is 9.18 Å². The van der Waals surface area contributed by atoms with Crippen molar-refractivity contribution >= 4 is 46.4 Å². The number of fused-ring (bicyclic) bond motifs is 1. The van der Waals surface area contributed by atoms with Crippen LogP contribution in [-0.4, -0.2) is 5.91 Å². The van der Waals surface area contributed by atoms with Gasteiger partial charge in [0.2, 0.25) is 0 Å². The summed E-state index contributed by atoms with van der Waals surface area (Å²) in [6.45, 7) is 0. The van der Waals surface area contributed by atoms with Crippen LogP contribution in [-0.2, 0) is 4.79 Å². The van der Waals surface area contributed by atoms with Crippen molar-refractivity contribution in [3.8, 4) is 0 Å². The van der Waals surface area contributed by atoms with Gasteiger partial charge in [0, 0.05) is 11.1 Å². The maximum Gasteiger partial charge on any atom is 0.256 e. The number of amides is 1. The largest absolute Gasteiger partial charge is 0.321 e. The Morgan fingerprint density at radius 2 is 1.85 bits per heavy atom. The van der Waals surface area contributed by atoms with Gasteiger partial charge in [-0.3, -0.25) is 4.79 Å². The molecule has 1 N–H and O–H groups in total. The molecule has 0 saturated heterocycles. The predicted octanol–water partition coefficient (Wildman–Crippen LogP) is 4.63. The van der Waals surface area contributed by atoms with Gasteiger partial charge in [0.25, 0.3) is 5.91 Å². The monoisotopic (exact) mass is 307 g/mol. The van der Waals surface area contributed by atoms with E-state index in [1.54, 1.807) is 30.3 Å². The average molecular weight is 308 g/mol. The van der Waals surface area contributed by atoms with Gasteiger partial charge in [-0.25, -0.2) is 4.39 Å². The number of carbonyl (C=O) groups is 1. The molecule has 2 aromatic carbocycles. The van der Waals surface area contributed by atoms with Crippen LogP contribution in [0.1, 0.15) is 11.1 Å². The van der Waals surface area contributed by atoms with E-state index in [0.29, 0.717) is 26.9 Å². The molecule has 2 aromatic rings. The Kier molecular flexibility index (Phi) is 3.24. The molecule has 0 aromatic heterocycles. The van der Waals surface area contributed by atoms with Gasteiger partial charge in [0.15, 0.2) is 0 Å². The van der Waals surface area contributed by atoms with Crippen molar-refractivity contribution in [1.82, 2.24) is 0 Å². The standard InChI is InChI=1S/C15H8Cl2FNO/c16-12-4-1-8(6-13(12)17)5-11-10-3-2-9(18)7-14(10)19-15(11)20/h1-7H,(H,19,20)/b11-5-. The van der Waals surface area contributed by atoms with Gasteiger partial charge in [0.1, 0.15) is 5.82 Å². The maximum absolute atomic E-state index is 13.1. The van der Waals surface area contributed by atoms with Crippen molar-refractivity contribution in [3.05, 3.63) is 63.4 Å². The lowest BCUT2D eigenvalue weighted by Gasteiger charge is -2.00. The van der Waals surface area contributed by atoms with E-state index in [2.05, 4.69) is 5.32 Å². The minimum Gasteiger partial charge on any atom is -0.321 e. The number of hydrogen-bond acceptors (Lipinski definition) is 1. The van der Waals surface area contributed by atoms with Gasteiger partial charge >= 0.3 is 0 Å². The van der Waals surface area contributed by atoms with E-state index in [0.717, 1.165) is 5.56 Å². The summed E-state index contributed by atoms with van der Waals surface area (Å²) in [6.07, 6.45) is 1.70. The van der Waals surface area contributed by atoms with Crippen molar-refractivity contribution in [2.45, 2.75) is 0 Å². The number of halogens is 3. The molecule has 5 heteroatoms. The molecule has 3 rings (SSSR count). The number of nitrogens with one attached hydrogen (secondary N) is 1. The first-order chi connectivity index (χ1) is 9.54. The van der Waals surface area contributed by atoms with Crippen LogP contribution in [0.4, 0.5) is 10.1 Å². The van der Waals surface area contributed by atoms with Gasteiger partial charge in [-0.2, -0.15) is 0 Å². The Morgan fingerprint density at radius 1 is 1.05 bits per heavy atom. The van der Waals surface area contributed by atoms with Crippen LogP contribution in [0.3, 0.4) is 0 Å².